The molecule has 8 heavy (non-hydrogen) atoms. The van der Waals surface area contributed by atoms with Gasteiger partial charge in [0.2, 0.25) is 6.41 Å². The van der Waals surface area contributed by atoms with Crippen molar-refractivity contribution in [1.82, 2.24) is 4.90 Å². The van der Waals surface area contributed by atoms with Gasteiger partial charge < -0.3 is 4.90 Å². The highest BCUT2D eigenvalue weighted by molar-refractivity contribution is 5.46. The number of hydrogen-bond donors (Lipinski definition) is 0. The number of nitrogens with zero attached hydrogens (tertiary/aromatic N) is 1. The Balaban J connectivity index is 2.98. The van der Waals surface area contributed by atoms with E-state index in [4.69, 9.17) is 0 Å². The molecule has 0 saturated heterocycles. The highest BCUT2D eigenvalue weighted by Crippen LogP contribution is 1.86. The lowest BCUT2D eigenvalue weighted by Gasteiger charge is -2.07. The van der Waals surface area contributed by atoms with Gasteiger partial charge in [-0.2, -0.15) is 0 Å². The molecule has 0 N–H and O–H groups in total. The summed E-state index contributed by atoms with van der Waals surface area (Å²) in [6.07, 6.45) is 3.11. The fourth-order valence-electron chi connectivity index (χ4n) is 0.460. The first-order chi connectivity index (χ1) is 3.81. The molecule has 2 heteroatoms. The second-order valence-corrected chi connectivity index (χ2v) is 1.94. The van der Waals surface area contributed by atoms with Gasteiger partial charge in [0, 0.05) is 13.6 Å². The minimum atomic E-state index is 0.857. The number of carbonyl (C=O) groups excluding carboxylic acids is 1. The smallest absolute Gasteiger partial charge is 0.209 e. The number of hydrogen-bond acceptors (Lipinski definition) is 1. The maximum absolute atomic E-state index is 9.94. The molecule has 0 spiro atoms. The minimum absolute atomic E-state index is 0.857. The van der Waals surface area contributed by atoms with Crippen LogP contribution >= 0.6 is 0 Å². The molecule has 0 aromatic rings. The summed E-state index contributed by atoms with van der Waals surface area (Å²) in [5.41, 5.74) is 0. The van der Waals surface area contributed by atoms with E-state index in [0.717, 1.165) is 25.8 Å². The largest absolute Gasteiger partial charge is 0.348 e. The second kappa shape index (κ2) is 4.62. The van der Waals surface area contributed by atoms with Crippen LogP contribution in [0.2, 0.25) is 0 Å². The predicted molar refractivity (Wildman–Crippen MR) is 33.6 cm³/mol. The van der Waals surface area contributed by atoms with Gasteiger partial charge in [-0.1, -0.05) is 13.3 Å². The average Bonchev–Trinajstić information content (AvgIpc) is 1.83. The van der Waals surface area contributed by atoms with Crippen molar-refractivity contribution >= 4 is 6.41 Å². The SMILES string of the molecule is CCCCN(C)C=O. The van der Waals surface area contributed by atoms with Gasteiger partial charge in [-0.15, -0.1) is 0 Å². The molecule has 0 aliphatic heterocycles. The summed E-state index contributed by atoms with van der Waals surface area (Å²) in [7, 11) is 1.79. The zero-order chi connectivity index (χ0) is 6.41. The van der Waals surface area contributed by atoms with E-state index in [-0.39, 0.29) is 0 Å². The quantitative estimate of drug-likeness (QED) is 0.498. The van der Waals surface area contributed by atoms with E-state index in [1.807, 2.05) is 0 Å². The first-order valence-corrected chi connectivity index (χ1v) is 2.96. The van der Waals surface area contributed by atoms with Crippen LogP contribution in [0, 0.1) is 0 Å². The van der Waals surface area contributed by atoms with Gasteiger partial charge in [0.25, 0.3) is 0 Å². The van der Waals surface area contributed by atoms with E-state index in [0.29, 0.717) is 0 Å². The Morgan fingerprint density at radius 2 is 2.25 bits per heavy atom. The zero-order valence-electron chi connectivity index (χ0n) is 5.55. The van der Waals surface area contributed by atoms with Gasteiger partial charge in [0.1, 0.15) is 0 Å². The van der Waals surface area contributed by atoms with Crippen LogP contribution in [0.1, 0.15) is 19.8 Å². The van der Waals surface area contributed by atoms with E-state index >= 15 is 0 Å². The summed E-state index contributed by atoms with van der Waals surface area (Å²) in [4.78, 5) is 11.6. The Labute approximate surface area is 50.5 Å². The highest BCUT2D eigenvalue weighted by atomic mass is 16.1. The van der Waals surface area contributed by atoms with Crippen LogP contribution in [-0.2, 0) is 4.79 Å². The van der Waals surface area contributed by atoms with Crippen LogP contribution in [-0.4, -0.2) is 24.9 Å². The van der Waals surface area contributed by atoms with Crippen LogP contribution in [0.4, 0.5) is 0 Å². The van der Waals surface area contributed by atoms with Gasteiger partial charge in [-0.3, -0.25) is 4.79 Å². The first-order valence-electron chi connectivity index (χ1n) is 2.96. The number of carbonyl (C=O) groups is 1. The summed E-state index contributed by atoms with van der Waals surface area (Å²) >= 11 is 0. The molecule has 0 aliphatic rings. The maximum atomic E-state index is 9.94. The molecular weight excluding hydrogens is 102 g/mol. The van der Waals surface area contributed by atoms with Crippen molar-refractivity contribution in [3.63, 3.8) is 0 Å². The van der Waals surface area contributed by atoms with Gasteiger partial charge in [0.15, 0.2) is 0 Å². The normalized spacial score (nSPS) is 8.75. The summed E-state index contributed by atoms with van der Waals surface area (Å²) in [6, 6.07) is 0. The van der Waals surface area contributed by atoms with Crippen molar-refractivity contribution in [2.24, 2.45) is 0 Å². The summed E-state index contributed by atoms with van der Waals surface area (Å²) in [6.45, 7) is 3.00. The third-order valence-electron chi connectivity index (χ3n) is 1.04. The molecule has 48 valence electrons. The third-order valence-corrected chi connectivity index (χ3v) is 1.04. The van der Waals surface area contributed by atoms with E-state index < -0.39 is 0 Å². The van der Waals surface area contributed by atoms with Crippen LogP contribution in [0.15, 0.2) is 0 Å². The maximum Gasteiger partial charge on any atom is 0.209 e. The molecule has 0 aromatic heterocycles. The molecule has 0 aromatic carbocycles. The summed E-state index contributed by atoms with van der Waals surface area (Å²) in [5.74, 6) is 0. The van der Waals surface area contributed by atoms with Crippen molar-refractivity contribution in [2.45, 2.75) is 19.8 Å². The minimum Gasteiger partial charge on any atom is -0.348 e. The lowest BCUT2D eigenvalue weighted by molar-refractivity contribution is -0.117. The Kier molecular flexibility index (Phi) is 4.32. The van der Waals surface area contributed by atoms with Crippen LogP contribution in [0.3, 0.4) is 0 Å². The van der Waals surface area contributed by atoms with Crippen LogP contribution in [0.5, 0.6) is 0 Å². The summed E-state index contributed by atoms with van der Waals surface area (Å²) < 4.78 is 0. The molecular formula is C6H13NO. The van der Waals surface area contributed by atoms with Gasteiger partial charge in [-0.25, -0.2) is 0 Å². The van der Waals surface area contributed by atoms with Gasteiger partial charge in [0.05, 0.1) is 0 Å². The van der Waals surface area contributed by atoms with E-state index in [9.17, 15) is 4.79 Å². The van der Waals surface area contributed by atoms with Crippen molar-refractivity contribution in [1.29, 1.82) is 0 Å². The van der Waals surface area contributed by atoms with Crippen LogP contribution < -0.4 is 0 Å². The Hall–Kier alpha value is -0.530. The molecule has 0 fully saturated rings. The van der Waals surface area contributed by atoms with Crippen molar-refractivity contribution < 1.29 is 4.79 Å². The molecule has 0 saturated carbocycles. The van der Waals surface area contributed by atoms with Gasteiger partial charge in [-0.05, 0) is 6.42 Å². The predicted octanol–water partition coefficient (Wildman–Crippen LogP) is 0.875. The first kappa shape index (κ1) is 7.47. The number of rotatable bonds is 4. The monoisotopic (exact) mass is 115 g/mol. The Morgan fingerprint density at radius 1 is 1.62 bits per heavy atom. The number of amides is 1. The summed E-state index contributed by atoms with van der Waals surface area (Å²) in [5, 5.41) is 0. The molecule has 1 amide bonds. The fourth-order valence-corrected chi connectivity index (χ4v) is 0.460. The molecule has 0 bridgehead atoms. The van der Waals surface area contributed by atoms with Crippen molar-refractivity contribution in [2.75, 3.05) is 13.6 Å². The highest BCUT2D eigenvalue weighted by Gasteiger charge is 1.88. The Bertz CT molecular complexity index is 63.5. The van der Waals surface area contributed by atoms with E-state index in [2.05, 4.69) is 6.92 Å². The van der Waals surface area contributed by atoms with Crippen molar-refractivity contribution in [3.05, 3.63) is 0 Å². The molecule has 2 nitrogen and oxygen atoms in total. The lowest BCUT2D eigenvalue weighted by Crippen LogP contribution is -2.16. The third kappa shape index (κ3) is 3.65. The molecule has 0 heterocycles. The molecule has 0 rings (SSSR count). The van der Waals surface area contributed by atoms with E-state index in [1.54, 1.807) is 11.9 Å². The molecule has 0 aliphatic carbocycles. The van der Waals surface area contributed by atoms with Crippen LogP contribution in [0.25, 0.3) is 0 Å². The molecule has 0 atom stereocenters. The van der Waals surface area contributed by atoms with E-state index in [1.165, 1.54) is 0 Å². The average molecular weight is 115 g/mol. The number of unbranched alkanes of at least 4 members (excludes halogenated alkanes) is 1. The topological polar surface area (TPSA) is 20.3 Å². The fraction of sp³-hybridized carbons (Fsp3) is 0.833. The molecule has 0 radical (unpaired) electrons. The van der Waals surface area contributed by atoms with Gasteiger partial charge >= 0.3 is 0 Å². The Morgan fingerprint density at radius 3 is 2.62 bits per heavy atom. The van der Waals surface area contributed by atoms with Crippen molar-refractivity contribution in [3.8, 4) is 0 Å². The molecule has 0 unspecified atom stereocenters. The lowest BCUT2D eigenvalue weighted by atomic mass is 10.3. The zero-order valence-corrected chi connectivity index (χ0v) is 5.55. The second-order valence-electron chi connectivity index (χ2n) is 1.94. The standard InChI is InChI=1S/C6H13NO/c1-3-4-5-7(2)6-8/h6H,3-5H2,1-2H3.